The predicted molar refractivity (Wildman–Crippen MR) is 195 cm³/mol. The van der Waals surface area contributed by atoms with E-state index in [4.69, 9.17) is 9.47 Å². The smallest absolute Gasteiger partial charge is 0.408 e. The van der Waals surface area contributed by atoms with E-state index in [-0.39, 0.29) is 109 Å². The maximum Gasteiger partial charge on any atom is 0.408 e. The average molecular weight is 749 g/mol. The minimum absolute atomic E-state index is 0.0919. The number of urea groups is 1. The molecule has 2 aliphatic heterocycles. The van der Waals surface area contributed by atoms with Crippen molar-refractivity contribution in [2.45, 2.75) is 32.3 Å². The van der Waals surface area contributed by atoms with Crippen LogP contribution in [0.25, 0.3) is 11.1 Å². The van der Waals surface area contributed by atoms with Crippen LogP contribution in [0, 0.1) is 0 Å². The molecule has 17 heteroatoms. The van der Waals surface area contributed by atoms with Gasteiger partial charge in [0.25, 0.3) is 0 Å². The third-order valence-electron chi connectivity index (χ3n) is 9.25. The molecule has 8 amide bonds. The summed E-state index contributed by atoms with van der Waals surface area (Å²) in [5, 5.41) is 9.95. The molecule has 290 valence electrons. The van der Waals surface area contributed by atoms with Crippen molar-refractivity contribution in [3.8, 4) is 11.1 Å². The van der Waals surface area contributed by atoms with Crippen LogP contribution in [0.3, 0.4) is 0 Å². The fourth-order valence-electron chi connectivity index (χ4n) is 6.46. The topological polar surface area (TPSA) is 199 Å². The highest BCUT2D eigenvalue weighted by Gasteiger charge is 2.30. The maximum atomic E-state index is 12.8. The predicted octanol–water partition coefficient (Wildman–Crippen LogP) is 0.691. The summed E-state index contributed by atoms with van der Waals surface area (Å²) in [4.78, 5) is 93.3. The second-order valence-electron chi connectivity index (χ2n) is 14.1. The zero-order chi connectivity index (χ0) is 38.8. The Morgan fingerprint density at radius 1 is 0.574 bits per heavy atom. The molecule has 3 aliphatic rings. The number of benzene rings is 2. The lowest BCUT2D eigenvalue weighted by atomic mass is 9.98. The zero-order valence-electron chi connectivity index (χ0n) is 30.9. The Hall–Kier alpha value is -5.87. The van der Waals surface area contributed by atoms with Crippen LogP contribution in [0.1, 0.15) is 37.8 Å². The van der Waals surface area contributed by atoms with E-state index in [1.807, 2.05) is 36.4 Å². The Labute approximate surface area is 313 Å². The first-order valence-corrected chi connectivity index (χ1v) is 18.0. The van der Waals surface area contributed by atoms with Gasteiger partial charge in [0.2, 0.25) is 23.6 Å². The normalized spacial score (nSPS) is 15.4. The molecular formula is C37H48N8O9. The molecule has 0 spiro atoms. The Bertz CT molecular complexity index is 1680. The molecule has 0 bridgehead atoms. The fraction of sp³-hybridized carbons (Fsp3) is 0.486. The summed E-state index contributed by atoms with van der Waals surface area (Å²) in [5.74, 6) is -1.56. The van der Waals surface area contributed by atoms with Gasteiger partial charge in [-0.3, -0.25) is 19.2 Å². The van der Waals surface area contributed by atoms with Crippen molar-refractivity contribution in [3.05, 3.63) is 59.7 Å². The second-order valence-corrected chi connectivity index (χ2v) is 14.1. The molecule has 2 heterocycles. The standard InChI is InChI=1S/C37H48N8O9/c1-37(2,3)54-36(52)40-20-30(46)38-21-31(47)42-12-14-43(15-13-42)32(48)22-39-34(50)45-18-16-44(17-19-45)33(49)23-41-35(51)53-24-29-27-10-6-4-8-25(27)26-9-5-7-11-28(26)29/h4-11,29H,12-24H2,1-3H3,(H,38,46)(H,39,50)(H,40,52)(H,41,51). The summed E-state index contributed by atoms with van der Waals surface area (Å²) in [7, 11) is 0. The summed E-state index contributed by atoms with van der Waals surface area (Å²) in [6, 6.07) is 15.6. The minimum Gasteiger partial charge on any atom is -0.449 e. The molecule has 0 radical (unpaired) electrons. The zero-order valence-corrected chi connectivity index (χ0v) is 30.9. The van der Waals surface area contributed by atoms with Crippen molar-refractivity contribution in [1.82, 2.24) is 40.9 Å². The van der Waals surface area contributed by atoms with Crippen molar-refractivity contribution in [2.24, 2.45) is 0 Å². The van der Waals surface area contributed by atoms with E-state index in [0.29, 0.717) is 0 Å². The molecule has 2 fully saturated rings. The number of nitrogens with zero attached hydrogens (tertiary/aromatic N) is 4. The van der Waals surface area contributed by atoms with E-state index >= 15 is 0 Å². The quantitative estimate of drug-likeness (QED) is 0.270. The van der Waals surface area contributed by atoms with E-state index < -0.39 is 29.7 Å². The number of carbonyl (C=O) groups excluding carboxylic acids is 7. The Morgan fingerprint density at radius 2 is 1.00 bits per heavy atom. The van der Waals surface area contributed by atoms with Gasteiger partial charge in [-0.25, -0.2) is 14.4 Å². The van der Waals surface area contributed by atoms with Crippen LogP contribution in [0.2, 0.25) is 0 Å². The van der Waals surface area contributed by atoms with Gasteiger partial charge in [0, 0.05) is 58.3 Å². The number of rotatable bonds is 10. The highest BCUT2D eigenvalue weighted by molar-refractivity contribution is 5.88. The van der Waals surface area contributed by atoms with Crippen LogP contribution in [0.15, 0.2) is 48.5 Å². The minimum atomic E-state index is -0.741. The van der Waals surface area contributed by atoms with Gasteiger partial charge in [-0.15, -0.1) is 0 Å². The summed E-state index contributed by atoms with van der Waals surface area (Å²) in [6.45, 7) is 6.26. The number of alkyl carbamates (subject to hydrolysis) is 2. The number of nitrogens with one attached hydrogen (secondary N) is 4. The van der Waals surface area contributed by atoms with E-state index in [2.05, 4.69) is 33.4 Å². The highest BCUT2D eigenvalue weighted by Crippen LogP contribution is 2.44. The molecule has 2 saturated heterocycles. The van der Waals surface area contributed by atoms with Crippen LogP contribution < -0.4 is 21.3 Å². The Morgan fingerprint density at radius 3 is 1.50 bits per heavy atom. The van der Waals surface area contributed by atoms with Gasteiger partial charge in [-0.2, -0.15) is 0 Å². The van der Waals surface area contributed by atoms with Crippen molar-refractivity contribution >= 4 is 41.8 Å². The largest absolute Gasteiger partial charge is 0.449 e. The first-order chi connectivity index (χ1) is 25.8. The Kier molecular flexibility index (Phi) is 12.9. The van der Waals surface area contributed by atoms with Crippen molar-refractivity contribution < 1.29 is 43.0 Å². The van der Waals surface area contributed by atoms with Gasteiger partial charge < -0.3 is 50.3 Å². The lowest BCUT2D eigenvalue weighted by Crippen LogP contribution is -2.57. The third-order valence-corrected chi connectivity index (χ3v) is 9.25. The number of fused-ring (bicyclic) bond motifs is 3. The van der Waals surface area contributed by atoms with E-state index in [0.717, 1.165) is 22.3 Å². The number of carbonyl (C=O) groups is 7. The van der Waals surface area contributed by atoms with Gasteiger partial charge in [0.15, 0.2) is 0 Å². The van der Waals surface area contributed by atoms with Gasteiger partial charge >= 0.3 is 18.2 Å². The highest BCUT2D eigenvalue weighted by atomic mass is 16.6. The molecular weight excluding hydrogens is 700 g/mol. The van der Waals surface area contributed by atoms with E-state index in [1.54, 1.807) is 30.6 Å². The maximum absolute atomic E-state index is 12.8. The lowest BCUT2D eigenvalue weighted by Gasteiger charge is -2.36. The molecule has 2 aromatic carbocycles. The van der Waals surface area contributed by atoms with Crippen molar-refractivity contribution in [1.29, 1.82) is 0 Å². The number of hydrogen-bond acceptors (Lipinski definition) is 9. The van der Waals surface area contributed by atoms with Crippen LogP contribution in [0.5, 0.6) is 0 Å². The molecule has 4 N–H and O–H groups in total. The van der Waals surface area contributed by atoms with Crippen LogP contribution >= 0.6 is 0 Å². The van der Waals surface area contributed by atoms with Crippen molar-refractivity contribution in [2.75, 3.05) is 85.1 Å². The SMILES string of the molecule is CC(C)(C)OC(=O)NCC(=O)NCC(=O)N1CCN(C(=O)CNC(=O)N2CCN(C(=O)CNC(=O)OCC3c4ccccc4-c4ccccc43)CC2)CC1. The summed E-state index contributed by atoms with van der Waals surface area (Å²) in [6.07, 6.45) is -1.43. The molecule has 0 saturated carbocycles. The molecule has 0 aromatic heterocycles. The van der Waals surface area contributed by atoms with Gasteiger partial charge in [0.1, 0.15) is 25.3 Å². The molecule has 1 aliphatic carbocycles. The Balaban J connectivity index is 0.928. The lowest BCUT2D eigenvalue weighted by molar-refractivity contribution is -0.139. The monoisotopic (exact) mass is 748 g/mol. The molecule has 0 atom stereocenters. The fourth-order valence-corrected chi connectivity index (χ4v) is 6.46. The van der Waals surface area contributed by atoms with Gasteiger partial charge in [0.05, 0.1) is 13.1 Å². The third kappa shape index (κ3) is 10.6. The average Bonchev–Trinajstić information content (AvgIpc) is 3.49. The molecule has 54 heavy (non-hydrogen) atoms. The van der Waals surface area contributed by atoms with E-state index in [9.17, 15) is 33.6 Å². The number of amides is 8. The number of ether oxygens (including phenoxy) is 2. The van der Waals surface area contributed by atoms with Crippen LogP contribution in [-0.2, 0) is 28.7 Å². The van der Waals surface area contributed by atoms with Crippen LogP contribution in [-0.4, -0.2) is 152 Å². The second kappa shape index (κ2) is 17.8. The summed E-state index contributed by atoms with van der Waals surface area (Å²) >= 11 is 0. The van der Waals surface area contributed by atoms with Gasteiger partial charge in [-0.1, -0.05) is 48.5 Å². The van der Waals surface area contributed by atoms with Crippen LogP contribution in [0.4, 0.5) is 14.4 Å². The first kappa shape index (κ1) is 39.3. The molecule has 0 unspecified atom stereocenters. The van der Waals surface area contributed by atoms with E-state index in [1.165, 1.54) is 9.80 Å². The summed E-state index contributed by atoms with van der Waals surface area (Å²) in [5.41, 5.74) is 3.72. The van der Waals surface area contributed by atoms with Crippen molar-refractivity contribution in [3.63, 3.8) is 0 Å². The molecule has 5 rings (SSSR count). The number of hydrogen-bond donors (Lipinski definition) is 4. The number of piperazine rings is 2. The molecule has 2 aromatic rings. The first-order valence-electron chi connectivity index (χ1n) is 18.0. The van der Waals surface area contributed by atoms with Gasteiger partial charge in [-0.05, 0) is 43.0 Å². The molecule has 17 nitrogen and oxygen atoms in total. The summed E-state index contributed by atoms with van der Waals surface area (Å²) < 4.78 is 10.6.